The molecule has 0 radical (unpaired) electrons. The number of aromatic nitrogens is 1. The Balaban J connectivity index is 1.83. The zero-order valence-electron chi connectivity index (χ0n) is 14.8. The van der Waals surface area contributed by atoms with E-state index >= 15 is 0 Å². The lowest BCUT2D eigenvalue weighted by Crippen LogP contribution is -2.42. The van der Waals surface area contributed by atoms with Crippen LogP contribution in [0.1, 0.15) is 10.4 Å². The van der Waals surface area contributed by atoms with Crippen LogP contribution in [0.4, 0.5) is 4.79 Å². The minimum atomic E-state index is -0.551. The topological polar surface area (TPSA) is 95.5 Å². The molecule has 140 valence electrons. The van der Waals surface area contributed by atoms with E-state index in [0.29, 0.717) is 54.3 Å². The highest BCUT2D eigenvalue weighted by Gasteiger charge is 2.23. The lowest BCUT2D eigenvalue weighted by atomic mass is 10.1. The molecule has 1 aliphatic heterocycles. The van der Waals surface area contributed by atoms with Gasteiger partial charge in [-0.3, -0.25) is 4.79 Å². The van der Waals surface area contributed by atoms with Gasteiger partial charge in [-0.25, -0.2) is 4.79 Å². The van der Waals surface area contributed by atoms with Gasteiger partial charge in [0.2, 0.25) is 0 Å². The Bertz CT molecular complexity index is 1040. The quantitative estimate of drug-likeness (QED) is 0.762. The first-order valence-electron chi connectivity index (χ1n) is 8.55. The van der Waals surface area contributed by atoms with Crippen LogP contribution in [0.25, 0.3) is 16.4 Å². The summed E-state index contributed by atoms with van der Waals surface area (Å²) in [7, 11) is 1.49. The third-order valence-corrected chi connectivity index (χ3v) is 4.61. The van der Waals surface area contributed by atoms with Crippen LogP contribution in [0, 0.1) is 0 Å². The third kappa shape index (κ3) is 2.93. The summed E-state index contributed by atoms with van der Waals surface area (Å²) in [5, 5.41) is 0.708. The molecule has 0 unspecified atom stereocenters. The second kappa shape index (κ2) is 6.81. The van der Waals surface area contributed by atoms with Gasteiger partial charge in [-0.05, 0) is 6.07 Å². The van der Waals surface area contributed by atoms with Crippen LogP contribution in [-0.4, -0.2) is 54.7 Å². The van der Waals surface area contributed by atoms with Gasteiger partial charge in [0.05, 0.1) is 37.6 Å². The number of rotatable bonds is 3. The van der Waals surface area contributed by atoms with Crippen molar-refractivity contribution in [2.45, 2.75) is 0 Å². The van der Waals surface area contributed by atoms with Crippen LogP contribution < -0.4 is 15.2 Å². The number of nitrogens with two attached hydrogens (primary N) is 1. The molecule has 8 heteroatoms. The van der Waals surface area contributed by atoms with Crippen LogP contribution in [0.2, 0.25) is 0 Å². The third-order valence-electron chi connectivity index (χ3n) is 4.61. The number of fused-ring (bicyclic) bond motifs is 3. The number of ether oxygens (including phenoxy) is 3. The van der Waals surface area contributed by atoms with Crippen molar-refractivity contribution in [3.05, 3.63) is 42.1 Å². The maximum Gasteiger partial charge on any atom is 0.415 e. The summed E-state index contributed by atoms with van der Waals surface area (Å²) in [6, 6.07) is 8.96. The fraction of sp³-hybridized carbons (Fsp3) is 0.263. The second-order valence-corrected chi connectivity index (χ2v) is 6.19. The summed E-state index contributed by atoms with van der Waals surface area (Å²) in [5.74, 6) is 0.157. The number of carbonyl (C=O) groups is 2. The molecule has 0 atom stereocenters. The summed E-state index contributed by atoms with van der Waals surface area (Å²) in [4.78, 5) is 26.1. The van der Waals surface area contributed by atoms with Gasteiger partial charge in [-0.15, -0.1) is 0 Å². The fourth-order valence-electron chi connectivity index (χ4n) is 3.37. The molecule has 0 bridgehead atoms. The largest absolute Gasteiger partial charge is 0.494 e. The van der Waals surface area contributed by atoms with E-state index < -0.39 is 12.0 Å². The molecule has 4 rings (SSSR count). The molecule has 2 amide bonds. The van der Waals surface area contributed by atoms with Crippen molar-refractivity contribution in [2.75, 3.05) is 33.4 Å². The average Bonchev–Trinajstić information content (AvgIpc) is 3.03. The molecular weight excluding hydrogens is 350 g/mol. The van der Waals surface area contributed by atoms with Crippen molar-refractivity contribution in [3.63, 3.8) is 0 Å². The molecular formula is C19H19N3O5. The number of carbonyl (C=O) groups excluding carboxylic acids is 2. The summed E-state index contributed by atoms with van der Waals surface area (Å²) in [6.45, 7) is 1.94. The standard InChI is InChI=1S/C19H19N3O5/c1-25-15-10-12(27-19(24)21-6-8-26-9-7-21)11-22-14-5-3-2-4-13(14)16(17(15)22)18(20)23/h2-5,10-11H,6-9H2,1H3,(H2,20,23). The molecule has 2 N–H and O–H groups in total. The number of hydrogen-bond acceptors (Lipinski definition) is 5. The molecule has 0 aliphatic carbocycles. The van der Waals surface area contributed by atoms with Crippen molar-refractivity contribution >= 4 is 28.4 Å². The van der Waals surface area contributed by atoms with Crippen molar-refractivity contribution in [1.29, 1.82) is 0 Å². The number of nitrogens with zero attached hydrogens (tertiary/aromatic N) is 2. The normalized spacial score (nSPS) is 14.5. The summed E-state index contributed by atoms with van der Waals surface area (Å²) in [5.41, 5.74) is 7.29. The Hall–Kier alpha value is -3.26. The molecule has 0 saturated carbocycles. The second-order valence-electron chi connectivity index (χ2n) is 6.19. The zero-order chi connectivity index (χ0) is 19.0. The molecule has 1 aromatic carbocycles. The van der Waals surface area contributed by atoms with Crippen LogP contribution in [0.3, 0.4) is 0 Å². The minimum Gasteiger partial charge on any atom is -0.494 e. The molecule has 3 aromatic rings. The lowest BCUT2D eigenvalue weighted by Gasteiger charge is -2.25. The van der Waals surface area contributed by atoms with Gasteiger partial charge < -0.3 is 29.2 Å². The predicted molar refractivity (Wildman–Crippen MR) is 98.4 cm³/mol. The smallest absolute Gasteiger partial charge is 0.415 e. The number of benzene rings is 1. The van der Waals surface area contributed by atoms with Gasteiger partial charge in [0.15, 0.2) is 5.75 Å². The Morgan fingerprint density at radius 3 is 2.63 bits per heavy atom. The summed E-state index contributed by atoms with van der Waals surface area (Å²) < 4.78 is 18.0. The molecule has 0 spiro atoms. The van der Waals surface area contributed by atoms with E-state index in [4.69, 9.17) is 19.9 Å². The van der Waals surface area contributed by atoms with Crippen molar-refractivity contribution < 1.29 is 23.8 Å². The van der Waals surface area contributed by atoms with Gasteiger partial charge in [0.25, 0.3) is 5.91 Å². The number of methoxy groups -OCH3 is 1. The highest BCUT2D eigenvalue weighted by Crippen LogP contribution is 2.35. The van der Waals surface area contributed by atoms with Crippen LogP contribution >= 0.6 is 0 Å². The van der Waals surface area contributed by atoms with Gasteiger partial charge in [-0.2, -0.15) is 0 Å². The minimum absolute atomic E-state index is 0.313. The highest BCUT2D eigenvalue weighted by molar-refractivity contribution is 6.14. The molecule has 2 aromatic heterocycles. The van der Waals surface area contributed by atoms with Gasteiger partial charge in [-0.1, -0.05) is 18.2 Å². The number of amides is 2. The Morgan fingerprint density at radius 2 is 1.93 bits per heavy atom. The van der Waals surface area contributed by atoms with E-state index in [-0.39, 0.29) is 0 Å². The number of hydrogen-bond donors (Lipinski definition) is 1. The van der Waals surface area contributed by atoms with E-state index in [1.54, 1.807) is 21.6 Å². The van der Waals surface area contributed by atoms with Crippen LogP contribution in [0.15, 0.2) is 36.5 Å². The van der Waals surface area contributed by atoms with Gasteiger partial charge in [0.1, 0.15) is 11.3 Å². The van der Waals surface area contributed by atoms with Crippen molar-refractivity contribution in [2.24, 2.45) is 5.73 Å². The van der Waals surface area contributed by atoms with Gasteiger partial charge in [0, 0.05) is 24.5 Å². The SMILES string of the molecule is COc1cc(OC(=O)N2CCOCC2)cn2c1c(C(N)=O)c1ccccc12. The molecule has 8 nitrogen and oxygen atoms in total. The van der Waals surface area contributed by atoms with E-state index in [9.17, 15) is 9.59 Å². The number of morpholine rings is 1. The summed E-state index contributed by atoms with van der Waals surface area (Å²) >= 11 is 0. The number of primary amides is 1. The molecule has 1 fully saturated rings. The maximum absolute atomic E-state index is 12.4. The average molecular weight is 369 g/mol. The highest BCUT2D eigenvalue weighted by atomic mass is 16.6. The first-order valence-corrected chi connectivity index (χ1v) is 8.55. The van der Waals surface area contributed by atoms with Crippen molar-refractivity contribution in [1.82, 2.24) is 9.30 Å². The predicted octanol–water partition coefficient (Wildman–Crippen LogP) is 2.03. The van der Waals surface area contributed by atoms with E-state index in [0.717, 1.165) is 5.52 Å². The fourth-order valence-corrected chi connectivity index (χ4v) is 3.37. The molecule has 27 heavy (non-hydrogen) atoms. The Kier molecular flexibility index (Phi) is 4.33. The number of pyridine rings is 1. The monoisotopic (exact) mass is 369 g/mol. The van der Waals surface area contributed by atoms with Gasteiger partial charge >= 0.3 is 6.09 Å². The van der Waals surface area contributed by atoms with E-state index in [2.05, 4.69) is 0 Å². The molecule has 1 aliphatic rings. The van der Waals surface area contributed by atoms with Crippen LogP contribution in [-0.2, 0) is 4.74 Å². The lowest BCUT2D eigenvalue weighted by molar-refractivity contribution is 0.0415. The van der Waals surface area contributed by atoms with E-state index in [1.165, 1.54) is 7.11 Å². The van der Waals surface area contributed by atoms with Crippen LogP contribution in [0.5, 0.6) is 11.5 Å². The number of para-hydroxylation sites is 1. The maximum atomic E-state index is 12.4. The Labute approximate surface area is 155 Å². The summed E-state index contributed by atoms with van der Waals surface area (Å²) in [6.07, 6.45) is 1.21. The first-order chi connectivity index (χ1) is 13.1. The Morgan fingerprint density at radius 1 is 1.19 bits per heavy atom. The first kappa shape index (κ1) is 17.2. The molecule has 3 heterocycles. The zero-order valence-corrected chi connectivity index (χ0v) is 14.8. The van der Waals surface area contributed by atoms with Crippen molar-refractivity contribution in [3.8, 4) is 11.5 Å². The molecule has 1 saturated heterocycles. The van der Waals surface area contributed by atoms with E-state index in [1.807, 2.05) is 24.3 Å².